The van der Waals surface area contributed by atoms with Gasteiger partial charge in [-0.1, -0.05) is 18.2 Å². The Bertz CT molecular complexity index is 846. The number of guanidine groups is 1. The summed E-state index contributed by atoms with van der Waals surface area (Å²) in [6.45, 7) is 1.31. The third-order valence-corrected chi connectivity index (χ3v) is 4.54. The lowest BCUT2D eigenvalue weighted by atomic mass is 9.89. The molecule has 7 heteroatoms. The van der Waals surface area contributed by atoms with Crippen molar-refractivity contribution in [1.29, 1.82) is 0 Å². The van der Waals surface area contributed by atoms with Gasteiger partial charge in [-0.15, -0.1) is 0 Å². The fraction of sp³-hybridized carbons (Fsp3) is 0.286. The molecule has 4 N–H and O–H groups in total. The van der Waals surface area contributed by atoms with E-state index in [0.717, 1.165) is 36.1 Å². The summed E-state index contributed by atoms with van der Waals surface area (Å²) in [4.78, 5) is 15.6. The normalized spacial score (nSPS) is 12.7. The molecular weight excluding hydrogens is 355 g/mol. The largest absolute Gasteiger partial charge is 0.370 e. The zero-order valence-electron chi connectivity index (χ0n) is 15.7. The lowest BCUT2D eigenvalue weighted by Crippen LogP contribution is -2.33. The number of nitrogens with one attached hydrogen (secondary N) is 2. The van der Waals surface area contributed by atoms with Gasteiger partial charge in [-0.05, 0) is 48.6 Å². The number of halogens is 1. The number of imidazole rings is 1. The maximum absolute atomic E-state index is 13.3. The van der Waals surface area contributed by atoms with E-state index >= 15 is 0 Å². The molecule has 1 atom stereocenters. The molecule has 0 aliphatic carbocycles. The third-order valence-electron chi connectivity index (χ3n) is 4.54. The number of hydrogen-bond acceptors (Lipinski definition) is 3. The summed E-state index contributed by atoms with van der Waals surface area (Å²) in [5.41, 5.74) is 9.21. The van der Waals surface area contributed by atoms with E-state index in [4.69, 9.17) is 5.73 Å². The maximum atomic E-state index is 13.3. The fourth-order valence-electron chi connectivity index (χ4n) is 3.09. The smallest absolute Gasteiger partial charge is 0.188 e. The van der Waals surface area contributed by atoms with Crippen LogP contribution in [0.4, 0.5) is 4.39 Å². The first-order valence-electron chi connectivity index (χ1n) is 9.39. The summed E-state index contributed by atoms with van der Waals surface area (Å²) >= 11 is 0. The first-order valence-corrected chi connectivity index (χ1v) is 9.39. The molecule has 3 aromatic rings. The molecule has 146 valence electrons. The minimum atomic E-state index is -0.238. The first kappa shape index (κ1) is 19.5. The Kier molecular flexibility index (Phi) is 7.12. The highest BCUT2D eigenvalue weighted by Crippen LogP contribution is 2.27. The van der Waals surface area contributed by atoms with Crippen LogP contribution in [0, 0.1) is 5.82 Å². The van der Waals surface area contributed by atoms with Crippen molar-refractivity contribution in [3.63, 3.8) is 0 Å². The molecule has 0 saturated carbocycles. The quantitative estimate of drug-likeness (QED) is 0.302. The van der Waals surface area contributed by atoms with Gasteiger partial charge in [0.15, 0.2) is 5.96 Å². The molecule has 0 radical (unpaired) electrons. The van der Waals surface area contributed by atoms with Crippen molar-refractivity contribution in [2.24, 2.45) is 10.7 Å². The van der Waals surface area contributed by atoms with Gasteiger partial charge in [0.25, 0.3) is 0 Å². The Morgan fingerprint density at radius 3 is 2.71 bits per heavy atom. The first-order chi connectivity index (χ1) is 13.7. The lowest BCUT2D eigenvalue weighted by Gasteiger charge is -2.18. The Labute approximate surface area is 164 Å². The number of aromatic amines is 1. The summed E-state index contributed by atoms with van der Waals surface area (Å²) < 4.78 is 13.3. The number of benzene rings is 1. The predicted molar refractivity (Wildman–Crippen MR) is 108 cm³/mol. The van der Waals surface area contributed by atoms with Gasteiger partial charge in [0, 0.05) is 43.3 Å². The molecule has 0 aliphatic heterocycles. The van der Waals surface area contributed by atoms with Crippen molar-refractivity contribution < 1.29 is 4.39 Å². The summed E-state index contributed by atoms with van der Waals surface area (Å²) in [5, 5.41) is 3.17. The third kappa shape index (κ3) is 5.90. The van der Waals surface area contributed by atoms with Crippen LogP contribution in [0.2, 0.25) is 0 Å². The number of aromatic nitrogens is 3. The average molecular weight is 380 g/mol. The van der Waals surface area contributed by atoms with Crippen molar-refractivity contribution in [2.45, 2.75) is 25.2 Å². The second kappa shape index (κ2) is 10.2. The van der Waals surface area contributed by atoms with Gasteiger partial charge < -0.3 is 16.0 Å². The van der Waals surface area contributed by atoms with Crippen LogP contribution < -0.4 is 11.1 Å². The topological polar surface area (TPSA) is 92.0 Å². The van der Waals surface area contributed by atoms with Gasteiger partial charge in [-0.3, -0.25) is 9.98 Å². The Morgan fingerprint density at radius 2 is 2.00 bits per heavy atom. The molecule has 0 saturated heterocycles. The molecule has 0 spiro atoms. The second-order valence-electron chi connectivity index (χ2n) is 6.55. The number of nitrogens with two attached hydrogens (primary N) is 1. The van der Waals surface area contributed by atoms with Crippen LogP contribution in [-0.2, 0) is 6.42 Å². The van der Waals surface area contributed by atoms with Crippen molar-refractivity contribution >= 4 is 5.96 Å². The highest BCUT2D eigenvalue weighted by atomic mass is 19.1. The summed E-state index contributed by atoms with van der Waals surface area (Å²) in [6.07, 6.45) is 9.68. The van der Waals surface area contributed by atoms with Crippen molar-refractivity contribution in [2.75, 3.05) is 13.1 Å². The zero-order valence-corrected chi connectivity index (χ0v) is 15.7. The van der Waals surface area contributed by atoms with Crippen LogP contribution in [0.1, 0.15) is 35.6 Å². The number of nitrogens with zero attached hydrogens (tertiary/aromatic N) is 3. The monoisotopic (exact) mass is 380 g/mol. The van der Waals surface area contributed by atoms with Crippen LogP contribution >= 0.6 is 0 Å². The van der Waals surface area contributed by atoms with E-state index in [9.17, 15) is 4.39 Å². The van der Waals surface area contributed by atoms with Crippen molar-refractivity contribution in [3.05, 3.63) is 84.0 Å². The molecule has 1 unspecified atom stereocenters. The SMILES string of the molecule is NC(=NCCCc1cnc[nH]1)NCCC(c1ccc(F)cc1)c1cccnc1. The van der Waals surface area contributed by atoms with E-state index in [1.54, 1.807) is 12.5 Å². The molecule has 0 amide bonds. The number of rotatable bonds is 9. The molecule has 0 fully saturated rings. The minimum absolute atomic E-state index is 0.106. The Hall–Kier alpha value is -3.22. The number of aliphatic imine (C=N–C) groups is 1. The van der Waals surface area contributed by atoms with Gasteiger partial charge in [0.05, 0.1) is 6.33 Å². The Morgan fingerprint density at radius 1 is 1.14 bits per heavy atom. The fourth-order valence-corrected chi connectivity index (χ4v) is 3.09. The highest BCUT2D eigenvalue weighted by Gasteiger charge is 2.14. The van der Waals surface area contributed by atoms with Gasteiger partial charge in [0.1, 0.15) is 5.82 Å². The maximum Gasteiger partial charge on any atom is 0.188 e. The molecule has 2 aromatic heterocycles. The predicted octanol–water partition coefficient (Wildman–Crippen LogP) is 3.00. The average Bonchev–Trinajstić information content (AvgIpc) is 3.24. The van der Waals surface area contributed by atoms with Gasteiger partial charge in [-0.2, -0.15) is 0 Å². The molecule has 0 aliphatic rings. The number of aryl methyl sites for hydroxylation is 1. The van der Waals surface area contributed by atoms with Gasteiger partial charge >= 0.3 is 0 Å². The molecule has 1 aromatic carbocycles. The van der Waals surface area contributed by atoms with Crippen LogP contribution in [0.15, 0.2) is 66.3 Å². The van der Waals surface area contributed by atoms with Crippen molar-refractivity contribution in [1.82, 2.24) is 20.3 Å². The van der Waals surface area contributed by atoms with Crippen LogP contribution in [0.5, 0.6) is 0 Å². The summed E-state index contributed by atoms with van der Waals surface area (Å²) in [5.74, 6) is 0.307. The molecule has 0 bridgehead atoms. The summed E-state index contributed by atoms with van der Waals surface area (Å²) in [6, 6.07) is 10.6. The molecule has 6 nitrogen and oxygen atoms in total. The van der Waals surface area contributed by atoms with E-state index in [-0.39, 0.29) is 11.7 Å². The van der Waals surface area contributed by atoms with E-state index in [1.165, 1.54) is 12.1 Å². The molecular formula is C21H25FN6. The van der Waals surface area contributed by atoms with E-state index < -0.39 is 0 Å². The number of H-pyrrole nitrogens is 1. The van der Waals surface area contributed by atoms with E-state index in [1.807, 2.05) is 36.7 Å². The van der Waals surface area contributed by atoms with Gasteiger partial charge in [0.2, 0.25) is 0 Å². The van der Waals surface area contributed by atoms with E-state index in [0.29, 0.717) is 19.0 Å². The standard InChI is InChI=1S/C21H25FN6/c22-18-7-5-16(6-8-18)20(17-3-1-10-24-13-17)9-12-27-21(23)26-11-2-4-19-14-25-15-28-19/h1,3,5-8,10,13-15,20H,2,4,9,11-12H2,(H,25,28)(H3,23,26,27). The van der Waals surface area contributed by atoms with Crippen LogP contribution in [0.25, 0.3) is 0 Å². The van der Waals surface area contributed by atoms with E-state index in [2.05, 4.69) is 25.3 Å². The molecule has 28 heavy (non-hydrogen) atoms. The number of pyridine rings is 1. The lowest BCUT2D eigenvalue weighted by molar-refractivity contribution is 0.624. The zero-order chi connectivity index (χ0) is 19.6. The highest BCUT2D eigenvalue weighted by molar-refractivity contribution is 5.77. The number of hydrogen-bond donors (Lipinski definition) is 3. The summed E-state index contributed by atoms with van der Waals surface area (Å²) in [7, 11) is 0. The second-order valence-corrected chi connectivity index (χ2v) is 6.55. The minimum Gasteiger partial charge on any atom is -0.370 e. The molecule has 2 heterocycles. The molecule has 3 rings (SSSR count). The van der Waals surface area contributed by atoms with Crippen molar-refractivity contribution in [3.8, 4) is 0 Å². The Balaban J connectivity index is 1.51. The van der Waals surface area contributed by atoms with Crippen LogP contribution in [0.3, 0.4) is 0 Å². The van der Waals surface area contributed by atoms with Gasteiger partial charge in [-0.25, -0.2) is 9.37 Å². The van der Waals surface area contributed by atoms with Crippen LogP contribution in [-0.4, -0.2) is 34.0 Å².